The van der Waals surface area contributed by atoms with Gasteiger partial charge < -0.3 is 65.4 Å². The number of methoxy groups -OCH3 is 2. The van der Waals surface area contributed by atoms with Gasteiger partial charge in [0.05, 0.1) is 31.2 Å². The number of nitrogens with two attached hydrogens (primary N) is 1. The summed E-state index contributed by atoms with van der Waals surface area (Å²) in [5.41, 5.74) is 3.77. The maximum Gasteiger partial charge on any atom is 0.412 e. The lowest BCUT2D eigenvalue weighted by Crippen LogP contribution is -2.63. The molecule has 5 rings (SSSR count). The van der Waals surface area contributed by atoms with Crippen LogP contribution in [0.1, 0.15) is 105 Å². The van der Waals surface area contributed by atoms with Crippen molar-refractivity contribution in [2.24, 2.45) is 23.5 Å². The summed E-state index contributed by atoms with van der Waals surface area (Å²) in [6, 6.07) is 6.59. The predicted molar refractivity (Wildman–Crippen MR) is 323 cm³/mol. The van der Waals surface area contributed by atoms with Gasteiger partial charge in [0.25, 0.3) is 0 Å². The average Bonchev–Trinajstić information content (AvgIpc) is 2.94. The first-order chi connectivity index (χ1) is 39.6. The van der Waals surface area contributed by atoms with Crippen molar-refractivity contribution < 1.29 is 71.9 Å². The number of epoxide rings is 1. The second kappa shape index (κ2) is 30.9. The van der Waals surface area contributed by atoms with E-state index in [0.717, 1.165) is 11.1 Å². The molecule has 9 N–H and O–H groups in total. The first-order valence-electron chi connectivity index (χ1n) is 27.8. The summed E-state index contributed by atoms with van der Waals surface area (Å²) in [7, 11) is 4.41. The van der Waals surface area contributed by atoms with Crippen LogP contribution in [-0.4, -0.2) is 145 Å². The third-order valence-corrected chi connectivity index (χ3v) is 16.9. The minimum Gasteiger partial charge on any atom is -0.495 e. The van der Waals surface area contributed by atoms with E-state index >= 15 is 0 Å². The minimum absolute atomic E-state index is 0.0677. The zero-order chi connectivity index (χ0) is 62.3. The highest BCUT2D eigenvalue weighted by atomic mass is 79.9. The number of anilines is 3. The number of hydrogen-bond acceptors (Lipinski definition) is 15. The van der Waals surface area contributed by atoms with Gasteiger partial charge in [0, 0.05) is 61.5 Å². The van der Waals surface area contributed by atoms with Crippen molar-refractivity contribution in [2.75, 3.05) is 54.0 Å². The molecule has 0 spiro atoms. The van der Waals surface area contributed by atoms with Gasteiger partial charge in [-0.15, -0.1) is 0 Å². The molecule has 4 bridgehead atoms. The predicted octanol–water partition coefficient (Wildman–Crippen LogP) is 7.67. The smallest absolute Gasteiger partial charge is 0.412 e. The SMILES string of the molecule is COc1cc2cc(c1Cl)N(C)C(=O)C[C@H](OC(=O)Nc1ccc(NC(=O)[C@H](CCCNC(N)=O)NC(=O)[C@@H](NC(=O)CCCCC(C)(C)OC(=O)C(CBr)CBr)C(C)C)cc1)[C@]1(C)O[C@H]1[C@H](C)[C@@H]1C[C@@](O)(NC(=O)O1)[C@H](OC)/C=C/C=C(\C)C2. The Morgan fingerprint density at radius 1 is 0.988 bits per heavy atom. The van der Waals surface area contributed by atoms with Crippen molar-refractivity contribution in [3.63, 3.8) is 0 Å². The Balaban J connectivity index is 1.30. The molecule has 84 heavy (non-hydrogen) atoms. The summed E-state index contributed by atoms with van der Waals surface area (Å²) in [6.07, 6.45) is 1.24. The number of carbonyl (C=O) groups excluding carboxylic acids is 8. The Kier molecular flexibility index (Phi) is 25.3. The Hall–Kier alpha value is -5.99. The number of nitrogens with zero attached hydrogens (tertiary/aromatic N) is 1. The van der Waals surface area contributed by atoms with E-state index in [9.17, 15) is 43.5 Å². The number of urea groups is 1. The van der Waals surface area contributed by atoms with Crippen molar-refractivity contribution in [3.8, 4) is 5.75 Å². The van der Waals surface area contributed by atoms with Crippen molar-refractivity contribution >= 4 is 108 Å². The van der Waals surface area contributed by atoms with Gasteiger partial charge in [-0.2, -0.15) is 0 Å². The number of amides is 8. The first kappa shape index (κ1) is 68.8. The van der Waals surface area contributed by atoms with E-state index in [4.69, 9.17) is 45.8 Å². The number of halogens is 3. The lowest BCUT2D eigenvalue weighted by molar-refractivity contribution is -0.160. The van der Waals surface area contributed by atoms with Crippen LogP contribution in [-0.2, 0) is 54.1 Å². The Morgan fingerprint density at radius 2 is 1.65 bits per heavy atom. The molecule has 3 aliphatic heterocycles. The van der Waals surface area contributed by atoms with Crippen LogP contribution in [0.3, 0.4) is 0 Å². The molecular formula is C58H81Br2ClN8O15. The molecule has 9 atom stereocenters. The number of rotatable bonds is 23. The second-order valence-electron chi connectivity index (χ2n) is 22.6. The molecule has 464 valence electrons. The van der Waals surface area contributed by atoms with Crippen LogP contribution in [0.2, 0.25) is 5.02 Å². The van der Waals surface area contributed by atoms with Gasteiger partial charge in [-0.1, -0.05) is 88.0 Å². The quantitative estimate of drug-likeness (QED) is 0.0174. The third-order valence-electron chi connectivity index (χ3n) is 15.0. The molecule has 2 aromatic carbocycles. The number of hydrogen-bond donors (Lipinski definition) is 8. The first-order valence-corrected chi connectivity index (χ1v) is 30.4. The molecule has 0 unspecified atom stereocenters. The zero-order valence-corrected chi connectivity index (χ0v) is 53.1. The largest absolute Gasteiger partial charge is 0.495 e. The number of alkyl carbamates (subject to hydrolysis) is 1. The zero-order valence-electron chi connectivity index (χ0n) is 49.2. The maximum atomic E-state index is 14.4. The van der Waals surface area contributed by atoms with Gasteiger partial charge in [-0.05, 0) is 114 Å². The molecule has 0 radical (unpaired) electrons. The minimum atomic E-state index is -1.90. The number of carbonyl (C=O) groups is 8. The van der Waals surface area contributed by atoms with Gasteiger partial charge in [0.2, 0.25) is 23.6 Å². The molecule has 26 heteroatoms. The standard InChI is InChI=1S/C58H81Br2ClN8O15/c1-32(2)48(67-45(70)18-11-12-23-56(5,6)84-52(74)36(30-59)31-60)51(73)66-39(16-14-24-63-53(62)75)50(72)64-37-19-21-38(22-20-37)65-54(76)82-44-28-46(71)69(8)40-26-35(27-41(79-9)47(40)61)25-33(3)15-13-17-43(80-10)58(78)29-42(81-55(77)68-58)34(4)49-57(44,7)83-49/h13,15,17,19-22,26-27,32,34,36,39,42-44,48-49,78H,11-12,14,16,18,23-25,28-31H2,1-10H3,(H,64,72)(H,65,76)(H,66,73)(H,67,70)(H,68,77)(H3,62,63,75)/b17-13+,33-15+/t34-,39+,42+,43-,44+,48+,49+,57+,58+/m1/s1. The van der Waals surface area contributed by atoms with Crippen LogP contribution in [0, 0.1) is 17.8 Å². The number of primary amides is 1. The summed E-state index contributed by atoms with van der Waals surface area (Å²) in [5, 5.41) is 29.0. The number of ether oxygens (including phenoxy) is 6. The van der Waals surface area contributed by atoms with E-state index in [-0.39, 0.29) is 72.3 Å². The maximum absolute atomic E-state index is 14.4. The number of nitrogens with one attached hydrogen (secondary N) is 6. The van der Waals surface area contributed by atoms with Crippen LogP contribution in [0.4, 0.5) is 31.4 Å². The van der Waals surface area contributed by atoms with Gasteiger partial charge in [-0.3, -0.25) is 34.6 Å². The highest BCUT2D eigenvalue weighted by Crippen LogP contribution is 2.49. The number of alkyl halides is 2. The summed E-state index contributed by atoms with van der Waals surface area (Å²) < 4.78 is 35.1. The highest BCUT2D eigenvalue weighted by Gasteiger charge is 2.64. The fraction of sp³-hybridized carbons (Fsp3) is 0.586. The molecule has 0 saturated carbocycles. The van der Waals surface area contributed by atoms with Gasteiger partial charge in [-0.25, -0.2) is 14.4 Å². The van der Waals surface area contributed by atoms with E-state index in [0.29, 0.717) is 47.8 Å². The molecule has 3 aliphatic rings. The Morgan fingerprint density at radius 3 is 2.27 bits per heavy atom. The summed E-state index contributed by atoms with van der Waals surface area (Å²) in [5.74, 6) is -3.43. The molecule has 8 amide bonds. The Labute approximate surface area is 512 Å². The highest BCUT2D eigenvalue weighted by molar-refractivity contribution is 9.09. The van der Waals surface area contributed by atoms with Crippen molar-refractivity contribution in [3.05, 3.63) is 70.8 Å². The Bertz CT molecular complexity index is 2750. The number of esters is 1. The molecule has 23 nitrogen and oxygen atoms in total. The van der Waals surface area contributed by atoms with E-state index < -0.39 is 102 Å². The molecule has 2 saturated heterocycles. The van der Waals surface area contributed by atoms with Crippen LogP contribution < -0.4 is 47.3 Å². The second-order valence-corrected chi connectivity index (χ2v) is 24.2. The van der Waals surface area contributed by atoms with Crippen LogP contribution in [0.25, 0.3) is 0 Å². The van der Waals surface area contributed by atoms with Gasteiger partial charge >= 0.3 is 24.2 Å². The van der Waals surface area contributed by atoms with Crippen LogP contribution in [0.15, 0.2) is 60.2 Å². The summed E-state index contributed by atoms with van der Waals surface area (Å²) in [4.78, 5) is 108. The normalized spacial score (nSPS) is 24.4. The third kappa shape index (κ3) is 19.3. The van der Waals surface area contributed by atoms with E-state index in [1.165, 1.54) is 50.4 Å². The molecule has 0 aromatic heterocycles. The number of fused-ring (bicyclic) bond motifs is 5. The number of benzene rings is 2. The number of aliphatic hydroxyl groups is 1. The molecular weight excluding hydrogens is 1240 g/mol. The summed E-state index contributed by atoms with van der Waals surface area (Å²) in [6.45, 7) is 12.6. The number of unbranched alkanes of at least 4 members (excludes halogenated alkanes) is 1. The van der Waals surface area contributed by atoms with Crippen molar-refractivity contribution in [1.29, 1.82) is 0 Å². The molecule has 0 aliphatic carbocycles. The lowest BCUT2D eigenvalue weighted by Gasteiger charge is -2.42. The van der Waals surface area contributed by atoms with Gasteiger partial charge in [0.15, 0.2) is 5.72 Å². The number of allylic oxidation sites excluding steroid dienone is 3. The van der Waals surface area contributed by atoms with Crippen LogP contribution in [0.5, 0.6) is 5.75 Å². The monoisotopic (exact) mass is 1320 g/mol. The van der Waals surface area contributed by atoms with E-state index in [1.807, 2.05) is 26.8 Å². The fourth-order valence-electron chi connectivity index (χ4n) is 9.99. The topological polar surface area (TPSA) is 317 Å². The van der Waals surface area contributed by atoms with E-state index in [2.05, 4.69) is 63.8 Å². The summed E-state index contributed by atoms with van der Waals surface area (Å²) >= 11 is 13.5. The molecule has 2 fully saturated rings. The van der Waals surface area contributed by atoms with Crippen LogP contribution >= 0.6 is 43.5 Å². The average molecular weight is 1330 g/mol. The fourth-order valence-corrected chi connectivity index (χ4v) is 11.9. The molecule has 2 aromatic rings. The van der Waals surface area contributed by atoms with Gasteiger partial charge in [0.1, 0.15) is 52.4 Å². The van der Waals surface area contributed by atoms with E-state index in [1.54, 1.807) is 52.0 Å². The van der Waals surface area contributed by atoms with Crippen molar-refractivity contribution in [2.45, 2.75) is 160 Å². The lowest BCUT2D eigenvalue weighted by atomic mass is 9.83. The van der Waals surface area contributed by atoms with Crippen molar-refractivity contribution in [1.82, 2.24) is 21.3 Å². The molecule has 3 heterocycles.